The molecule has 0 saturated carbocycles. The van der Waals surface area contributed by atoms with E-state index in [1.807, 2.05) is 0 Å². The van der Waals surface area contributed by atoms with Crippen LogP contribution in [-0.2, 0) is 15.8 Å². The van der Waals surface area contributed by atoms with Crippen LogP contribution in [0.4, 0.5) is 18.9 Å². The molecule has 1 atom stereocenters. The summed E-state index contributed by atoms with van der Waals surface area (Å²) in [6.07, 6.45) is -4.79. The minimum absolute atomic E-state index is 0.0915. The summed E-state index contributed by atoms with van der Waals surface area (Å²) in [4.78, 5) is 22.7. The van der Waals surface area contributed by atoms with Gasteiger partial charge in [0.2, 0.25) is 11.8 Å². The quantitative estimate of drug-likeness (QED) is 0.779. The van der Waals surface area contributed by atoms with Gasteiger partial charge in [0, 0.05) is 5.02 Å². The van der Waals surface area contributed by atoms with Crippen molar-refractivity contribution in [2.24, 2.45) is 0 Å². The van der Waals surface area contributed by atoms with Crippen LogP contribution in [0.1, 0.15) is 12.0 Å². The van der Waals surface area contributed by atoms with Crippen molar-refractivity contribution in [3.05, 3.63) is 28.8 Å². The molecular formula is C11H9ClF3N3O2. The van der Waals surface area contributed by atoms with E-state index in [-0.39, 0.29) is 11.4 Å². The smallest absolute Gasteiger partial charge is 0.324 e. The minimum atomic E-state index is -4.65. The number of hydrazine groups is 1. The van der Waals surface area contributed by atoms with Crippen LogP contribution in [-0.4, -0.2) is 17.9 Å². The predicted molar refractivity (Wildman–Crippen MR) is 64.8 cm³/mol. The van der Waals surface area contributed by atoms with Crippen LogP contribution in [0.25, 0.3) is 0 Å². The number of carbonyl (C=O) groups excluding carboxylic acids is 2. The van der Waals surface area contributed by atoms with Crippen LogP contribution in [0.15, 0.2) is 18.2 Å². The first-order valence-corrected chi connectivity index (χ1v) is 5.87. The van der Waals surface area contributed by atoms with Gasteiger partial charge in [-0.15, -0.1) is 0 Å². The molecule has 2 rings (SSSR count). The second kappa shape index (κ2) is 5.29. The Labute approximate surface area is 116 Å². The van der Waals surface area contributed by atoms with Gasteiger partial charge in [-0.1, -0.05) is 11.6 Å². The zero-order chi connectivity index (χ0) is 14.9. The van der Waals surface area contributed by atoms with Crippen molar-refractivity contribution < 1.29 is 22.8 Å². The molecule has 9 heteroatoms. The highest BCUT2D eigenvalue weighted by atomic mass is 35.5. The van der Waals surface area contributed by atoms with Gasteiger partial charge in [-0.3, -0.25) is 15.0 Å². The lowest BCUT2D eigenvalue weighted by Gasteiger charge is -2.15. The standard InChI is InChI=1S/C11H9ClF3N3O2/c12-5-1-2-7(6(3-5)11(13,14)15)16-10(20)8-4-9(19)18-17-8/h1-3,8,17H,4H2,(H,16,20)(H,18,19). The van der Waals surface area contributed by atoms with Crippen LogP contribution < -0.4 is 16.2 Å². The van der Waals surface area contributed by atoms with Gasteiger partial charge in [-0.05, 0) is 18.2 Å². The van der Waals surface area contributed by atoms with Crippen LogP contribution in [0.3, 0.4) is 0 Å². The van der Waals surface area contributed by atoms with Crippen molar-refractivity contribution in [3.8, 4) is 0 Å². The SMILES string of the molecule is O=C1CC(C(=O)Nc2ccc(Cl)cc2C(F)(F)F)NN1. The van der Waals surface area contributed by atoms with Crippen molar-refractivity contribution in [1.82, 2.24) is 10.9 Å². The molecule has 0 spiro atoms. The van der Waals surface area contributed by atoms with Gasteiger partial charge < -0.3 is 5.32 Å². The maximum Gasteiger partial charge on any atom is 0.418 e. The van der Waals surface area contributed by atoms with E-state index in [4.69, 9.17) is 11.6 Å². The van der Waals surface area contributed by atoms with Crippen molar-refractivity contribution >= 4 is 29.1 Å². The predicted octanol–water partition coefficient (Wildman–Crippen LogP) is 1.69. The lowest BCUT2D eigenvalue weighted by Crippen LogP contribution is -2.40. The molecule has 2 amide bonds. The van der Waals surface area contributed by atoms with E-state index in [0.29, 0.717) is 0 Å². The second-order valence-electron chi connectivity index (χ2n) is 4.13. The first kappa shape index (κ1) is 14.6. The van der Waals surface area contributed by atoms with Gasteiger partial charge in [0.15, 0.2) is 0 Å². The van der Waals surface area contributed by atoms with E-state index in [1.54, 1.807) is 0 Å². The van der Waals surface area contributed by atoms with Crippen molar-refractivity contribution in [2.45, 2.75) is 18.6 Å². The number of alkyl halides is 3. The maximum atomic E-state index is 12.8. The molecule has 1 fully saturated rings. The molecule has 1 aromatic carbocycles. The van der Waals surface area contributed by atoms with Gasteiger partial charge >= 0.3 is 6.18 Å². The van der Waals surface area contributed by atoms with E-state index in [1.165, 1.54) is 6.07 Å². The summed E-state index contributed by atoms with van der Waals surface area (Å²) in [5, 5.41) is 2.04. The van der Waals surface area contributed by atoms with Crippen molar-refractivity contribution in [1.29, 1.82) is 0 Å². The number of halogens is 4. The topological polar surface area (TPSA) is 70.2 Å². The van der Waals surface area contributed by atoms with E-state index in [9.17, 15) is 22.8 Å². The number of anilines is 1. The summed E-state index contributed by atoms with van der Waals surface area (Å²) >= 11 is 5.53. The first-order chi connectivity index (χ1) is 9.27. The molecule has 1 aliphatic heterocycles. The third-order valence-electron chi connectivity index (χ3n) is 2.64. The largest absolute Gasteiger partial charge is 0.418 e. The Bertz CT molecular complexity index is 562. The second-order valence-corrected chi connectivity index (χ2v) is 4.56. The molecule has 3 N–H and O–H groups in total. The summed E-state index contributed by atoms with van der Waals surface area (Å²) < 4.78 is 38.5. The van der Waals surface area contributed by atoms with Gasteiger partial charge in [0.1, 0.15) is 6.04 Å². The Hall–Kier alpha value is -1.80. The number of carbonyl (C=O) groups is 2. The fourth-order valence-electron chi connectivity index (χ4n) is 1.69. The lowest BCUT2D eigenvalue weighted by molar-refractivity contribution is -0.137. The molecule has 0 aliphatic carbocycles. The van der Waals surface area contributed by atoms with Crippen molar-refractivity contribution in [2.75, 3.05) is 5.32 Å². The van der Waals surface area contributed by atoms with Crippen LogP contribution in [0.5, 0.6) is 0 Å². The van der Waals surface area contributed by atoms with Gasteiger partial charge in [0.25, 0.3) is 0 Å². The molecule has 1 saturated heterocycles. The molecule has 5 nitrogen and oxygen atoms in total. The number of hydrogen-bond acceptors (Lipinski definition) is 3. The maximum absolute atomic E-state index is 12.8. The lowest BCUT2D eigenvalue weighted by atomic mass is 10.1. The highest BCUT2D eigenvalue weighted by Gasteiger charge is 2.35. The van der Waals surface area contributed by atoms with E-state index < -0.39 is 35.3 Å². The molecular weight excluding hydrogens is 299 g/mol. The monoisotopic (exact) mass is 307 g/mol. The first-order valence-electron chi connectivity index (χ1n) is 5.49. The fraction of sp³-hybridized carbons (Fsp3) is 0.273. The number of nitrogens with one attached hydrogen (secondary N) is 3. The third-order valence-corrected chi connectivity index (χ3v) is 2.87. The molecule has 1 heterocycles. The molecule has 0 aromatic heterocycles. The zero-order valence-electron chi connectivity index (χ0n) is 9.84. The normalized spacial score (nSPS) is 18.8. The average molecular weight is 308 g/mol. The molecule has 0 radical (unpaired) electrons. The molecule has 108 valence electrons. The Morgan fingerprint density at radius 1 is 1.40 bits per heavy atom. The minimum Gasteiger partial charge on any atom is -0.324 e. The summed E-state index contributed by atoms with van der Waals surface area (Å²) in [5.41, 5.74) is 3.12. The molecule has 1 aliphatic rings. The van der Waals surface area contributed by atoms with E-state index in [0.717, 1.165) is 12.1 Å². The summed E-state index contributed by atoms with van der Waals surface area (Å²) in [5.74, 6) is -1.14. The third kappa shape index (κ3) is 3.20. The summed E-state index contributed by atoms with van der Waals surface area (Å²) in [6.45, 7) is 0. The number of benzene rings is 1. The van der Waals surface area contributed by atoms with E-state index in [2.05, 4.69) is 16.2 Å². The van der Waals surface area contributed by atoms with Gasteiger partial charge in [0.05, 0.1) is 17.7 Å². The summed E-state index contributed by atoms with van der Waals surface area (Å²) in [6, 6.07) is 2.10. The Kier molecular flexibility index (Phi) is 3.87. The summed E-state index contributed by atoms with van der Waals surface area (Å²) in [7, 11) is 0. The molecule has 20 heavy (non-hydrogen) atoms. The zero-order valence-corrected chi connectivity index (χ0v) is 10.6. The molecule has 1 unspecified atom stereocenters. The van der Waals surface area contributed by atoms with Gasteiger partial charge in [-0.2, -0.15) is 13.2 Å². The molecule has 1 aromatic rings. The van der Waals surface area contributed by atoms with Gasteiger partial charge in [-0.25, -0.2) is 5.43 Å². The van der Waals surface area contributed by atoms with Crippen LogP contribution in [0.2, 0.25) is 5.02 Å². The highest BCUT2D eigenvalue weighted by molar-refractivity contribution is 6.30. The number of amides is 2. The molecule has 0 bridgehead atoms. The Balaban J connectivity index is 2.21. The average Bonchev–Trinajstić information content (AvgIpc) is 2.77. The Morgan fingerprint density at radius 3 is 2.65 bits per heavy atom. The number of hydrogen-bond donors (Lipinski definition) is 3. The fourth-order valence-corrected chi connectivity index (χ4v) is 1.87. The van der Waals surface area contributed by atoms with Crippen molar-refractivity contribution in [3.63, 3.8) is 0 Å². The highest BCUT2D eigenvalue weighted by Crippen LogP contribution is 2.36. The van der Waals surface area contributed by atoms with Crippen LogP contribution >= 0.6 is 11.6 Å². The van der Waals surface area contributed by atoms with E-state index >= 15 is 0 Å². The van der Waals surface area contributed by atoms with Crippen LogP contribution in [0, 0.1) is 0 Å². The number of rotatable bonds is 2. The Morgan fingerprint density at radius 2 is 2.10 bits per heavy atom.